The van der Waals surface area contributed by atoms with Gasteiger partial charge in [-0.2, -0.15) is 5.26 Å². The van der Waals surface area contributed by atoms with Crippen LogP contribution in [0.25, 0.3) is 11.0 Å². The van der Waals surface area contributed by atoms with E-state index >= 15 is 0 Å². The summed E-state index contributed by atoms with van der Waals surface area (Å²) < 4.78 is 5.73. The van der Waals surface area contributed by atoms with Gasteiger partial charge in [0.25, 0.3) is 0 Å². The van der Waals surface area contributed by atoms with Gasteiger partial charge < -0.3 is 15.1 Å². The Hall–Kier alpha value is -3.26. The molecule has 1 heterocycles. The second-order valence-electron chi connectivity index (χ2n) is 5.20. The van der Waals surface area contributed by atoms with E-state index < -0.39 is 0 Å². The van der Waals surface area contributed by atoms with Crippen molar-refractivity contribution in [1.29, 1.82) is 5.26 Å². The quantitative estimate of drug-likeness (QED) is 0.761. The van der Waals surface area contributed by atoms with Crippen molar-refractivity contribution in [3.05, 3.63) is 65.9 Å². The number of anilines is 1. The second kappa shape index (κ2) is 6.24. The highest BCUT2D eigenvalue weighted by atomic mass is 16.3. The van der Waals surface area contributed by atoms with Crippen molar-refractivity contribution in [3.63, 3.8) is 0 Å². The Morgan fingerprint density at radius 1 is 1.17 bits per heavy atom. The number of urea groups is 1. The number of benzene rings is 2. The molecule has 5 nitrogen and oxygen atoms in total. The molecule has 0 aliphatic heterocycles. The fourth-order valence-electron chi connectivity index (χ4n) is 2.28. The third-order valence-corrected chi connectivity index (χ3v) is 3.49. The van der Waals surface area contributed by atoms with E-state index in [1.165, 1.54) is 0 Å². The van der Waals surface area contributed by atoms with E-state index in [1.54, 1.807) is 24.3 Å². The van der Waals surface area contributed by atoms with Crippen LogP contribution in [0.5, 0.6) is 0 Å². The predicted molar refractivity (Wildman–Crippen MR) is 87.9 cm³/mol. The highest BCUT2D eigenvalue weighted by molar-refractivity contribution is 5.89. The van der Waals surface area contributed by atoms with Gasteiger partial charge in [0.1, 0.15) is 11.3 Å². The van der Waals surface area contributed by atoms with Crippen LogP contribution in [0.2, 0.25) is 0 Å². The van der Waals surface area contributed by atoms with Gasteiger partial charge in [0, 0.05) is 11.1 Å². The molecule has 114 valence electrons. The second-order valence-corrected chi connectivity index (χ2v) is 5.20. The van der Waals surface area contributed by atoms with Gasteiger partial charge in [0.2, 0.25) is 0 Å². The van der Waals surface area contributed by atoms with Crippen LogP contribution in [0.15, 0.2) is 59.0 Å². The van der Waals surface area contributed by atoms with Gasteiger partial charge >= 0.3 is 6.03 Å². The van der Waals surface area contributed by atoms with Gasteiger partial charge in [-0.1, -0.05) is 18.2 Å². The van der Waals surface area contributed by atoms with Gasteiger partial charge in [-0.25, -0.2) is 4.79 Å². The van der Waals surface area contributed by atoms with Crippen LogP contribution in [0.1, 0.15) is 24.3 Å². The molecule has 2 aromatic carbocycles. The smallest absolute Gasteiger partial charge is 0.319 e. The van der Waals surface area contributed by atoms with Crippen LogP contribution in [0.4, 0.5) is 10.5 Å². The summed E-state index contributed by atoms with van der Waals surface area (Å²) in [6, 6.07) is 17.7. The lowest BCUT2D eigenvalue weighted by Crippen LogP contribution is -2.30. The van der Waals surface area contributed by atoms with Crippen molar-refractivity contribution < 1.29 is 9.21 Å². The number of amides is 2. The van der Waals surface area contributed by atoms with Crippen molar-refractivity contribution in [2.75, 3.05) is 5.32 Å². The SMILES string of the molecule is CC(NC(=O)Nc1ccc(C#N)cc1)c1cc2ccccc2o1. The molecule has 0 saturated heterocycles. The van der Waals surface area contributed by atoms with Crippen LogP contribution in [-0.2, 0) is 0 Å². The number of carbonyl (C=O) groups excluding carboxylic acids is 1. The maximum Gasteiger partial charge on any atom is 0.319 e. The van der Waals surface area contributed by atoms with Gasteiger partial charge in [0.05, 0.1) is 17.7 Å². The zero-order valence-corrected chi connectivity index (χ0v) is 12.5. The minimum absolute atomic E-state index is 0.263. The number of nitrogens with one attached hydrogen (secondary N) is 2. The maximum atomic E-state index is 12.0. The first-order valence-electron chi connectivity index (χ1n) is 7.22. The van der Waals surface area contributed by atoms with Gasteiger partial charge in [-0.3, -0.25) is 0 Å². The fourth-order valence-corrected chi connectivity index (χ4v) is 2.28. The summed E-state index contributed by atoms with van der Waals surface area (Å²) in [5.74, 6) is 0.696. The molecule has 3 rings (SSSR count). The van der Waals surface area contributed by atoms with Crippen molar-refractivity contribution in [1.82, 2.24) is 5.32 Å². The molecule has 23 heavy (non-hydrogen) atoms. The average Bonchev–Trinajstić information content (AvgIpc) is 2.99. The van der Waals surface area contributed by atoms with Crippen LogP contribution in [-0.4, -0.2) is 6.03 Å². The molecule has 0 spiro atoms. The van der Waals surface area contributed by atoms with Crippen LogP contribution >= 0.6 is 0 Å². The Morgan fingerprint density at radius 3 is 2.61 bits per heavy atom. The minimum Gasteiger partial charge on any atom is -0.459 e. The molecule has 5 heteroatoms. The Bertz CT molecular complexity index is 842. The summed E-state index contributed by atoms with van der Waals surface area (Å²) >= 11 is 0. The maximum absolute atomic E-state index is 12.0. The van der Waals surface area contributed by atoms with Gasteiger partial charge in [0.15, 0.2) is 0 Å². The molecule has 1 aromatic heterocycles. The molecule has 0 bridgehead atoms. The van der Waals surface area contributed by atoms with Gasteiger partial charge in [-0.15, -0.1) is 0 Å². The molecular formula is C18H15N3O2. The lowest BCUT2D eigenvalue weighted by Gasteiger charge is -2.12. The lowest BCUT2D eigenvalue weighted by molar-refractivity contribution is 0.248. The summed E-state index contributed by atoms with van der Waals surface area (Å²) in [7, 11) is 0. The third kappa shape index (κ3) is 3.33. The van der Waals surface area contributed by atoms with E-state index in [9.17, 15) is 4.79 Å². The number of furan rings is 1. The number of carbonyl (C=O) groups is 1. The standard InChI is InChI=1S/C18H15N3O2/c1-12(17-10-14-4-2-3-5-16(14)23-17)20-18(22)21-15-8-6-13(11-19)7-9-15/h2-10,12H,1H3,(H2,20,21,22). The van der Waals surface area contributed by atoms with Gasteiger partial charge in [-0.05, 0) is 43.3 Å². The molecular weight excluding hydrogens is 290 g/mol. The summed E-state index contributed by atoms with van der Waals surface area (Å²) in [5.41, 5.74) is 1.97. The first kappa shape index (κ1) is 14.7. The first-order valence-corrected chi connectivity index (χ1v) is 7.22. The van der Waals surface area contributed by atoms with E-state index in [0.717, 1.165) is 11.0 Å². The van der Waals surface area contributed by atoms with E-state index in [0.29, 0.717) is 17.0 Å². The van der Waals surface area contributed by atoms with Crippen LogP contribution < -0.4 is 10.6 Å². The largest absolute Gasteiger partial charge is 0.459 e. The van der Waals surface area contributed by atoms with Crippen molar-refractivity contribution >= 4 is 22.7 Å². The van der Waals surface area contributed by atoms with Crippen LogP contribution in [0.3, 0.4) is 0 Å². The molecule has 0 aliphatic rings. The van der Waals surface area contributed by atoms with Crippen LogP contribution in [0, 0.1) is 11.3 Å². The Morgan fingerprint density at radius 2 is 1.91 bits per heavy atom. The Kier molecular flexibility index (Phi) is 3.98. The molecule has 2 amide bonds. The molecule has 3 aromatic rings. The zero-order chi connectivity index (χ0) is 16.2. The number of hydrogen-bond donors (Lipinski definition) is 2. The normalized spacial score (nSPS) is 11.7. The monoisotopic (exact) mass is 305 g/mol. The number of hydrogen-bond acceptors (Lipinski definition) is 3. The van der Waals surface area contributed by atoms with E-state index in [1.807, 2.05) is 43.3 Å². The predicted octanol–water partition coefficient (Wildman–Crippen LogP) is 4.19. The summed E-state index contributed by atoms with van der Waals surface area (Å²) in [5, 5.41) is 15.3. The third-order valence-electron chi connectivity index (χ3n) is 3.49. The molecule has 0 saturated carbocycles. The Balaban J connectivity index is 1.65. The number of rotatable bonds is 3. The number of nitrogens with zero attached hydrogens (tertiary/aromatic N) is 1. The molecule has 1 atom stereocenters. The first-order chi connectivity index (χ1) is 11.2. The topological polar surface area (TPSA) is 78.1 Å². The lowest BCUT2D eigenvalue weighted by atomic mass is 10.2. The van der Waals surface area contributed by atoms with E-state index in [-0.39, 0.29) is 12.1 Å². The fraction of sp³-hybridized carbons (Fsp3) is 0.111. The number of para-hydroxylation sites is 1. The van der Waals surface area contributed by atoms with E-state index in [2.05, 4.69) is 10.6 Å². The summed E-state index contributed by atoms with van der Waals surface area (Å²) in [6.07, 6.45) is 0. The molecule has 1 unspecified atom stereocenters. The Labute approximate surface area is 133 Å². The molecule has 2 N–H and O–H groups in total. The highest BCUT2D eigenvalue weighted by Crippen LogP contribution is 2.23. The molecule has 0 aliphatic carbocycles. The zero-order valence-electron chi connectivity index (χ0n) is 12.5. The van der Waals surface area contributed by atoms with Crippen molar-refractivity contribution in [2.24, 2.45) is 0 Å². The summed E-state index contributed by atoms with van der Waals surface area (Å²) in [6.45, 7) is 1.86. The minimum atomic E-state index is -0.331. The number of nitriles is 1. The highest BCUT2D eigenvalue weighted by Gasteiger charge is 2.14. The van der Waals surface area contributed by atoms with Crippen molar-refractivity contribution in [2.45, 2.75) is 13.0 Å². The summed E-state index contributed by atoms with van der Waals surface area (Å²) in [4.78, 5) is 12.0. The van der Waals surface area contributed by atoms with Crippen molar-refractivity contribution in [3.8, 4) is 6.07 Å². The average molecular weight is 305 g/mol. The molecule has 0 fully saturated rings. The molecule has 0 radical (unpaired) electrons. The van der Waals surface area contributed by atoms with E-state index in [4.69, 9.17) is 9.68 Å². The number of fused-ring (bicyclic) bond motifs is 1.